The molecule has 0 aliphatic heterocycles. The monoisotopic (exact) mass is 331 g/mol. The van der Waals surface area contributed by atoms with Crippen molar-refractivity contribution >= 4 is 32.1 Å². The molecule has 5 heteroatoms. The van der Waals surface area contributed by atoms with Gasteiger partial charge in [0, 0.05) is 10.9 Å². The number of benzene rings is 2. The summed E-state index contributed by atoms with van der Waals surface area (Å²) < 4.78 is 27.9. The van der Waals surface area contributed by atoms with Crippen LogP contribution in [0.1, 0.15) is 23.4 Å². The van der Waals surface area contributed by atoms with Gasteiger partial charge in [0.15, 0.2) is 0 Å². The molecule has 0 amide bonds. The third-order valence-corrected chi connectivity index (χ3v) is 6.62. The molecule has 22 heavy (non-hydrogen) atoms. The van der Waals surface area contributed by atoms with Crippen molar-refractivity contribution in [1.82, 2.24) is 4.72 Å². The Hall–Kier alpha value is -1.69. The summed E-state index contributed by atoms with van der Waals surface area (Å²) in [5, 5.41) is 2.26. The molecule has 0 radical (unpaired) electrons. The molecule has 0 saturated heterocycles. The number of rotatable bonds is 4. The van der Waals surface area contributed by atoms with E-state index >= 15 is 0 Å². The Balaban J connectivity index is 1.88. The molecule has 1 N–H and O–H groups in total. The van der Waals surface area contributed by atoms with Gasteiger partial charge in [0.25, 0.3) is 10.0 Å². The summed E-state index contributed by atoms with van der Waals surface area (Å²) in [4.78, 5) is 0.985. The number of hydrogen-bond acceptors (Lipinski definition) is 3. The predicted octanol–water partition coefficient (Wildman–Crippen LogP) is 4.25. The molecule has 3 aromatic rings. The Morgan fingerprint density at radius 3 is 2.41 bits per heavy atom. The van der Waals surface area contributed by atoms with Crippen molar-refractivity contribution in [3.63, 3.8) is 0 Å². The van der Waals surface area contributed by atoms with E-state index in [2.05, 4.69) is 4.72 Å². The quantitative estimate of drug-likeness (QED) is 0.777. The van der Waals surface area contributed by atoms with Crippen molar-refractivity contribution in [1.29, 1.82) is 0 Å². The predicted molar refractivity (Wildman–Crippen MR) is 91.7 cm³/mol. The molecule has 0 saturated carbocycles. The number of fused-ring (bicyclic) bond motifs is 1. The molecule has 0 bridgehead atoms. The fourth-order valence-corrected chi connectivity index (χ4v) is 4.92. The molecule has 1 unspecified atom stereocenters. The number of aryl methyl sites for hydroxylation is 1. The number of nitrogens with one attached hydrogen (secondary N) is 1. The second-order valence-electron chi connectivity index (χ2n) is 5.31. The lowest BCUT2D eigenvalue weighted by Crippen LogP contribution is -2.26. The minimum absolute atomic E-state index is 0.281. The zero-order valence-corrected chi connectivity index (χ0v) is 14.0. The SMILES string of the molecule is Cc1ccc(S(=O)(=O)NC(C)c2ccc3ccccc3c2)s1. The molecule has 2 aromatic carbocycles. The number of hydrogen-bond donors (Lipinski definition) is 1. The topological polar surface area (TPSA) is 46.2 Å². The molecular weight excluding hydrogens is 314 g/mol. The van der Waals surface area contributed by atoms with E-state index in [1.807, 2.05) is 62.4 Å². The second kappa shape index (κ2) is 5.83. The molecule has 114 valence electrons. The molecule has 3 nitrogen and oxygen atoms in total. The van der Waals surface area contributed by atoms with Gasteiger partial charge in [-0.15, -0.1) is 11.3 Å². The lowest BCUT2D eigenvalue weighted by Gasteiger charge is -2.14. The summed E-state index contributed by atoms with van der Waals surface area (Å²) in [7, 11) is -3.47. The maximum absolute atomic E-state index is 12.4. The second-order valence-corrected chi connectivity index (χ2v) is 8.54. The van der Waals surface area contributed by atoms with E-state index in [9.17, 15) is 8.42 Å². The molecular formula is C17H17NO2S2. The Kier molecular flexibility index (Phi) is 4.04. The molecule has 0 aliphatic rings. The van der Waals surface area contributed by atoms with E-state index < -0.39 is 10.0 Å². The largest absolute Gasteiger partial charge is 0.250 e. The van der Waals surface area contributed by atoms with Crippen molar-refractivity contribution in [2.24, 2.45) is 0 Å². The van der Waals surface area contributed by atoms with Gasteiger partial charge in [-0.2, -0.15) is 0 Å². The van der Waals surface area contributed by atoms with Crippen LogP contribution in [0.25, 0.3) is 10.8 Å². The fraction of sp³-hybridized carbons (Fsp3) is 0.176. The minimum Gasteiger partial charge on any atom is -0.206 e. The number of sulfonamides is 1. The van der Waals surface area contributed by atoms with Crippen molar-refractivity contribution < 1.29 is 8.42 Å². The van der Waals surface area contributed by atoms with Crippen LogP contribution < -0.4 is 4.72 Å². The van der Waals surface area contributed by atoms with Gasteiger partial charge in [-0.25, -0.2) is 13.1 Å². The van der Waals surface area contributed by atoms with E-state index in [1.165, 1.54) is 11.3 Å². The molecule has 3 rings (SSSR count). The molecule has 1 atom stereocenters. The van der Waals surface area contributed by atoms with Crippen LogP contribution in [-0.4, -0.2) is 8.42 Å². The standard InChI is InChI=1S/C17H17NO2S2/c1-12-7-10-17(21-12)22(19,20)18-13(2)15-9-8-14-5-3-4-6-16(14)11-15/h3-11,13,18H,1-2H3. The maximum Gasteiger partial charge on any atom is 0.250 e. The third-order valence-electron chi connectivity index (χ3n) is 3.59. The van der Waals surface area contributed by atoms with Gasteiger partial charge in [0.1, 0.15) is 4.21 Å². The highest BCUT2D eigenvalue weighted by Crippen LogP contribution is 2.24. The van der Waals surface area contributed by atoms with Crippen molar-refractivity contribution in [2.45, 2.75) is 24.1 Å². The summed E-state index contributed by atoms with van der Waals surface area (Å²) in [6, 6.07) is 17.3. The highest BCUT2D eigenvalue weighted by Gasteiger charge is 2.20. The summed E-state index contributed by atoms with van der Waals surface area (Å²) in [5.41, 5.74) is 0.954. The highest BCUT2D eigenvalue weighted by atomic mass is 32.2. The molecule has 1 heterocycles. The molecule has 0 spiro atoms. The van der Waals surface area contributed by atoms with Gasteiger partial charge < -0.3 is 0 Å². The first kappa shape index (κ1) is 15.2. The van der Waals surface area contributed by atoms with E-state index in [-0.39, 0.29) is 6.04 Å². The van der Waals surface area contributed by atoms with E-state index in [1.54, 1.807) is 6.07 Å². The van der Waals surface area contributed by atoms with E-state index in [0.29, 0.717) is 4.21 Å². The minimum atomic E-state index is -3.47. The van der Waals surface area contributed by atoms with E-state index in [0.717, 1.165) is 21.2 Å². The van der Waals surface area contributed by atoms with Crippen LogP contribution in [-0.2, 0) is 10.0 Å². The summed E-state index contributed by atoms with van der Waals surface area (Å²) in [5.74, 6) is 0. The van der Waals surface area contributed by atoms with Crippen LogP contribution in [0.3, 0.4) is 0 Å². The maximum atomic E-state index is 12.4. The average molecular weight is 331 g/mol. The van der Waals surface area contributed by atoms with Crippen LogP contribution in [0, 0.1) is 6.92 Å². The van der Waals surface area contributed by atoms with Gasteiger partial charge >= 0.3 is 0 Å². The Morgan fingerprint density at radius 2 is 1.73 bits per heavy atom. The molecule has 0 fully saturated rings. The van der Waals surface area contributed by atoms with Crippen molar-refractivity contribution in [3.8, 4) is 0 Å². The summed E-state index contributed by atoms with van der Waals surface area (Å²) in [6.07, 6.45) is 0. The lowest BCUT2D eigenvalue weighted by molar-refractivity contribution is 0.569. The Labute approximate surface area is 134 Å². The van der Waals surface area contributed by atoms with Gasteiger partial charge in [0.2, 0.25) is 0 Å². The van der Waals surface area contributed by atoms with Gasteiger partial charge in [0.05, 0.1) is 0 Å². The van der Waals surface area contributed by atoms with Gasteiger partial charge in [-0.3, -0.25) is 0 Å². The first-order chi connectivity index (χ1) is 10.5. The zero-order valence-electron chi connectivity index (χ0n) is 12.4. The zero-order chi connectivity index (χ0) is 15.7. The highest BCUT2D eigenvalue weighted by molar-refractivity contribution is 7.91. The molecule has 0 aliphatic carbocycles. The van der Waals surface area contributed by atoms with Crippen LogP contribution in [0.5, 0.6) is 0 Å². The van der Waals surface area contributed by atoms with Crippen LogP contribution in [0.2, 0.25) is 0 Å². The lowest BCUT2D eigenvalue weighted by atomic mass is 10.0. The van der Waals surface area contributed by atoms with Crippen molar-refractivity contribution in [3.05, 3.63) is 65.0 Å². The smallest absolute Gasteiger partial charge is 0.206 e. The summed E-state index contributed by atoms with van der Waals surface area (Å²) in [6.45, 7) is 3.76. The Bertz CT molecular complexity index is 913. The first-order valence-electron chi connectivity index (χ1n) is 7.03. The molecule has 1 aromatic heterocycles. The van der Waals surface area contributed by atoms with E-state index in [4.69, 9.17) is 0 Å². The van der Waals surface area contributed by atoms with Gasteiger partial charge in [-0.1, -0.05) is 36.4 Å². The Morgan fingerprint density at radius 1 is 1.00 bits per heavy atom. The summed E-state index contributed by atoms with van der Waals surface area (Å²) >= 11 is 1.28. The first-order valence-corrected chi connectivity index (χ1v) is 9.33. The fourth-order valence-electron chi connectivity index (χ4n) is 2.39. The number of thiophene rings is 1. The van der Waals surface area contributed by atoms with Crippen LogP contribution >= 0.6 is 11.3 Å². The van der Waals surface area contributed by atoms with Gasteiger partial charge in [-0.05, 0) is 48.4 Å². The normalized spacial score (nSPS) is 13.4. The third kappa shape index (κ3) is 3.06. The van der Waals surface area contributed by atoms with Crippen molar-refractivity contribution in [2.75, 3.05) is 0 Å². The van der Waals surface area contributed by atoms with Crippen LogP contribution in [0.15, 0.2) is 58.8 Å². The average Bonchev–Trinajstić information content (AvgIpc) is 2.94. The van der Waals surface area contributed by atoms with Crippen LogP contribution in [0.4, 0.5) is 0 Å².